The number of hydrogen-bond donors (Lipinski definition) is 1. The van der Waals surface area contributed by atoms with Crippen molar-refractivity contribution in [3.05, 3.63) is 59.1 Å². The highest BCUT2D eigenvalue weighted by molar-refractivity contribution is 6.44. The first kappa shape index (κ1) is 18.8. The molecule has 0 aliphatic heterocycles. The Bertz CT molecular complexity index is 779. The van der Waals surface area contributed by atoms with E-state index in [4.69, 9.17) is 11.6 Å². The van der Waals surface area contributed by atoms with Gasteiger partial charge < -0.3 is 10.2 Å². The van der Waals surface area contributed by atoms with E-state index >= 15 is 0 Å². The van der Waals surface area contributed by atoms with Crippen molar-refractivity contribution in [2.24, 2.45) is 0 Å². The number of rotatable bonds is 3. The second-order valence-electron chi connectivity index (χ2n) is 5.03. The molecule has 1 N–H and O–H groups in total. The zero-order valence-corrected chi connectivity index (χ0v) is 13.9. The van der Waals surface area contributed by atoms with Crippen LogP contribution < -0.4 is 10.2 Å². The van der Waals surface area contributed by atoms with E-state index in [0.29, 0.717) is 11.8 Å². The van der Waals surface area contributed by atoms with Crippen molar-refractivity contribution >= 4 is 34.8 Å². The summed E-state index contributed by atoms with van der Waals surface area (Å²) in [4.78, 5) is 25.6. The van der Waals surface area contributed by atoms with Crippen molar-refractivity contribution in [1.82, 2.24) is 0 Å². The fourth-order valence-corrected chi connectivity index (χ4v) is 2.38. The summed E-state index contributed by atoms with van der Waals surface area (Å²) in [5, 5.41) is 1.89. The summed E-state index contributed by atoms with van der Waals surface area (Å²) < 4.78 is 39.2. The van der Waals surface area contributed by atoms with Gasteiger partial charge >= 0.3 is 18.0 Å². The summed E-state index contributed by atoms with van der Waals surface area (Å²) in [6.45, 7) is 1.84. The number of nitrogens with one attached hydrogen (secondary N) is 1. The number of carbonyl (C=O) groups excluding carboxylic acids is 2. The third-order valence-corrected chi connectivity index (χ3v) is 3.59. The molecular weight excluding hydrogens is 357 g/mol. The van der Waals surface area contributed by atoms with Gasteiger partial charge in [0.25, 0.3) is 0 Å². The lowest BCUT2D eigenvalue weighted by atomic mass is 10.1. The molecule has 0 radical (unpaired) electrons. The number of benzene rings is 2. The highest BCUT2D eigenvalue weighted by Gasteiger charge is 2.35. The summed E-state index contributed by atoms with van der Waals surface area (Å²) in [6.07, 6.45) is -4.72. The zero-order chi connectivity index (χ0) is 18.6. The lowest BCUT2D eigenvalue weighted by Gasteiger charge is -2.21. The monoisotopic (exact) mass is 370 g/mol. The Labute approximate surface area is 147 Å². The predicted octanol–water partition coefficient (Wildman–Crippen LogP) is 4.35. The number of amides is 2. The predicted molar refractivity (Wildman–Crippen MR) is 89.6 cm³/mol. The van der Waals surface area contributed by atoms with E-state index in [1.807, 2.05) is 5.32 Å². The summed E-state index contributed by atoms with van der Waals surface area (Å²) in [6, 6.07) is 11.3. The van der Waals surface area contributed by atoms with Crippen molar-refractivity contribution in [2.45, 2.75) is 13.1 Å². The van der Waals surface area contributed by atoms with E-state index in [1.165, 1.54) is 11.0 Å². The van der Waals surface area contributed by atoms with Crippen LogP contribution in [0.4, 0.5) is 24.5 Å². The van der Waals surface area contributed by atoms with Crippen molar-refractivity contribution in [2.75, 3.05) is 16.8 Å². The van der Waals surface area contributed by atoms with Crippen molar-refractivity contribution in [3.63, 3.8) is 0 Å². The number of alkyl halides is 3. The van der Waals surface area contributed by atoms with E-state index in [1.54, 1.807) is 37.3 Å². The Morgan fingerprint density at radius 1 is 1.12 bits per heavy atom. The molecule has 8 heteroatoms. The quantitative estimate of drug-likeness (QED) is 0.816. The Morgan fingerprint density at radius 2 is 1.76 bits per heavy atom. The molecule has 0 atom stereocenters. The molecule has 2 rings (SSSR count). The summed E-state index contributed by atoms with van der Waals surface area (Å²) in [5.74, 6) is -2.13. The highest BCUT2D eigenvalue weighted by atomic mass is 35.5. The van der Waals surface area contributed by atoms with Crippen molar-refractivity contribution in [1.29, 1.82) is 0 Å². The van der Waals surface area contributed by atoms with Gasteiger partial charge in [0.2, 0.25) is 0 Å². The topological polar surface area (TPSA) is 49.4 Å². The third kappa shape index (κ3) is 4.51. The molecule has 0 saturated carbocycles. The molecule has 0 fully saturated rings. The first-order chi connectivity index (χ1) is 11.7. The number of halogens is 4. The van der Waals surface area contributed by atoms with Gasteiger partial charge in [0.05, 0.1) is 11.3 Å². The smallest absolute Gasteiger partial charge is 0.317 e. The molecule has 0 aliphatic carbocycles. The van der Waals surface area contributed by atoms with Crippen LogP contribution in [0.3, 0.4) is 0 Å². The molecule has 0 unspecified atom stereocenters. The van der Waals surface area contributed by atoms with Crippen LogP contribution in [0.15, 0.2) is 48.5 Å². The van der Waals surface area contributed by atoms with E-state index < -0.39 is 29.2 Å². The van der Waals surface area contributed by atoms with Crippen LogP contribution in [0.25, 0.3) is 0 Å². The maximum atomic E-state index is 13.1. The van der Waals surface area contributed by atoms with Gasteiger partial charge in [-0.2, -0.15) is 13.2 Å². The first-order valence-electron chi connectivity index (χ1n) is 7.28. The molecule has 0 aliphatic rings. The minimum atomic E-state index is -4.72. The molecule has 2 aromatic rings. The van der Waals surface area contributed by atoms with Gasteiger partial charge in [-0.1, -0.05) is 29.8 Å². The van der Waals surface area contributed by atoms with Gasteiger partial charge in [0.1, 0.15) is 0 Å². The largest absolute Gasteiger partial charge is 0.418 e. The third-order valence-electron chi connectivity index (χ3n) is 3.36. The highest BCUT2D eigenvalue weighted by Crippen LogP contribution is 2.36. The number of likely N-dealkylation sites (N-methyl/N-ethyl adjacent to an activating group) is 1. The van der Waals surface area contributed by atoms with Crippen LogP contribution in [-0.2, 0) is 15.8 Å². The van der Waals surface area contributed by atoms with Crippen LogP contribution in [-0.4, -0.2) is 18.4 Å². The average molecular weight is 371 g/mol. The maximum Gasteiger partial charge on any atom is 0.418 e. The van der Waals surface area contributed by atoms with E-state index in [2.05, 4.69) is 0 Å². The van der Waals surface area contributed by atoms with Crippen LogP contribution >= 0.6 is 11.6 Å². The molecule has 0 heterocycles. The lowest BCUT2D eigenvalue weighted by Crippen LogP contribution is -2.40. The molecule has 0 aromatic heterocycles. The number of hydrogen-bond acceptors (Lipinski definition) is 2. The zero-order valence-electron chi connectivity index (χ0n) is 13.1. The van der Waals surface area contributed by atoms with Gasteiger partial charge in [0.15, 0.2) is 0 Å². The molecule has 0 bridgehead atoms. The summed E-state index contributed by atoms with van der Waals surface area (Å²) in [7, 11) is 0. The lowest BCUT2D eigenvalue weighted by molar-refractivity contribution is -0.137. The van der Waals surface area contributed by atoms with E-state index in [9.17, 15) is 22.8 Å². The average Bonchev–Trinajstić information content (AvgIpc) is 2.57. The standard InChI is InChI=1S/C17H14ClF3N2O2/c1-2-23(12-6-4-3-5-7-12)16(25)15(24)22-14-9-8-11(18)10-13(14)17(19,20)21/h3-10H,2H2,1H3,(H,22,24). The Balaban J connectivity index is 2.26. The Hall–Kier alpha value is -2.54. The van der Waals surface area contributed by atoms with E-state index in [-0.39, 0.29) is 11.6 Å². The van der Waals surface area contributed by atoms with Gasteiger partial charge in [-0.3, -0.25) is 9.59 Å². The van der Waals surface area contributed by atoms with Crippen LogP contribution in [0, 0.1) is 0 Å². The molecule has 0 saturated heterocycles. The Kier molecular flexibility index (Phi) is 5.69. The minimum Gasteiger partial charge on any atom is -0.317 e. The summed E-state index contributed by atoms with van der Waals surface area (Å²) in [5.41, 5.74) is -1.18. The molecule has 2 aromatic carbocycles. The SMILES string of the molecule is CCN(C(=O)C(=O)Nc1ccc(Cl)cc1C(F)(F)F)c1ccccc1. The first-order valence-corrected chi connectivity index (χ1v) is 7.66. The molecule has 0 spiro atoms. The molecule has 25 heavy (non-hydrogen) atoms. The fraction of sp³-hybridized carbons (Fsp3) is 0.176. The van der Waals surface area contributed by atoms with Crippen LogP contribution in [0.2, 0.25) is 5.02 Å². The summed E-state index contributed by atoms with van der Waals surface area (Å²) >= 11 is 5.59. The Morgan fingerprint density at radius 3 is 2.32 bits per heavy atom. The van der Waals surface area contributed by atoms with Gasteiger partial charge in [-0.25, -0.2) is 0 Å². The number of anilines is 2. The number of para-hydroxylation sites is 1. The van der Waals surface area contributed by atoms with Crippen molar-refractivity contribution < 1.29 is 22.8 Å². The fourth-order valence-electron chi connectivity index (χ4n) is 2.21. The van der Waals surface area contributed by atoms with Crippen LogP contribution in [0.1, 0.15) is 12.5 Å². The molecule has 132 valence electrons. The maximum absolute atomic E-state index is 13.1. The number of carbonyl (C=O) groups is 2. The van der Waals surface area contributed by atoms with Crippen LogP contribution in [0.5, 0.6) is 0 Å². The van der Waals surface area contributed by atoms with Gasteiger partial charge in [-0.15, -0.1) is 0 Å². The minimum absolute atomic E-state index is 0.129. The van der Waals surface area contributed by atoms with E-state index in [0.717, 1.165) is 6.07 Å². The second-order valence-corrected chi connectivity index (χ2v) is 5.46. The normalized spacial score (nSPS) is 11.1. The molecule has 4 nitrogen and oxygen atoms in total. The van der Waals surface area contributed by atoms with Crippen molar-refractivity contribution in [3.8, 4) is 0 Å². The second kappa shape index (κ2) is 7.57. The van der Waals surface area contributed by atoms with Gasteiger partial charge in [0, 0.05) is 17.3 Å². The number of nitrogens with zero attached hydrogens (tertiary/aromatic N) is 1. The molecule has 2 amide bonds. The molecular formula is C17H14ClF3N2O2. The van der Waals surface area contributed by atoms with Gasteiger partial charge in [-0.05, 0) is 37.3 Å².